The molecule has 2 heterocycles. The van der Waals surface area contributed by atoms with Crippen molar-refractivity contribution in [1.29, 1.82) is 0 Å². The van der Waals surface area contributed by atoms with Crippen molar-refractivity contribution in [2.75, 3.05) is 13.2 Å². The second kappa shape index (κ2) is 25.0. The molecule has 0 saturated heterocycles. The molecular formula is C36H62N2O2+2. The third-order valence-corrected chi connectivity index (χ3v) is 7.82. The molecule has 0 saturated carbocycles. The van der Waals surface area contributed by atoms with Crippen molar-refractivity contribution in [3.63, 3.8) is 0 Å². The fraction of sp³-hybridized carbons (Fsp3) is 0.722. The van der Waals surface area contributed by atoms with Crippen molar-refractivity contribution in [2.45, 2.75) is 156 Å². The Kier molecular flexibility index (Phi) is 21.5. The fourth-order valence-corrected chi connectivity index (χ4v) is 5.11. The molecular weight excluding hydrogens is 492 g/mol. The summed E-state index contributed by atoms with van der Waals surface area (Å²) in [7, 11) is 0. The number of nitrogens with zero attached hydrogens (tertiary/aromatic N) is 2. The lowest BCUT2D eigenvalue weighted by atomic mass is 10.1. The van der Waals surface area contributed by atoms with Gasteiger partial charge in [-0.3, -0.25) is 0 Å². The van der Waals surface area contributed by atoms with Gasteiger partial charge in [0.1, 0.15) is 13.1 Å². The lowest BCUT2D eigenvalue weighted by Crippen LogP contribution is -2.32. The lowest BCUT2D eigenvalue weighted by molar-refractivity contribution is -0.697. The monoisotopic (exact) mass is 554 g/mol. The average molecular weight is 555 g/mol. The number of aromatic nitrogens is 2. The molecule has 0 aliphatic carbocycles. The molecule has 0 bridgehead atoms. The largest absolute Gasteiger partial charge is 0.377 e. The fourth-order valence-electron chi connectivity index (χ4n) is 5.11. The Morgan fingerprint density at radius 3 is 1.10 bits per heavy atom. The average Bonchev–Trinajstić information content (AvgIpc) is 2.98. The summed E-state index contributed by atoms with van der Waals surface area (Å²) in [6, 6.07) is 8.81. The van der Waals surface area contributed by atoms with Gasteiger partial charge in [-0.25, -0.2) is 9.13 Å². The summed E-state index contributed by atoms with van der Waals surface area (Å²) in [5, 5.41) is 0. The summed E-state index contributed by atoms with van der Waals surface area (Å²) in [6.07, 6.45) is 32.8. The highest BCUT2D eigenvalue weighted by atomic mass is 16.5. The van der Waals surface area contributed by atoms with Crippen molar-refractivity contribution in [1.82, 2.24) is 0 Å². The maximum atomic E-state index is 5.89. The van der Waals surface area contributed by atoms with E-state index in [1.165, 1.54) is 114 Å². The van der Waals surface area contributed by atoms with Gasteiger partial charge in [0.2, 0.25) is 0 Å². The third kappa shape index (κ3) is 18.5. The first-order valence-electron chi connectivity index (χ1n) is 16.9. The Hall–Kier alpha value is -1.78. The molecule has 0 aliphatic heterocycles. The van der Waals surface area contributed by atoms with E-state index >= 15 is 0 Å². The molecule has 2 rings (SSSR count). The molecule has 0 fully saturated rings. The molecule has 4 nitrogen and oxygen atoms in total. The molecule has 0 radical (unpaired) electrons. The van der Waals surface area contributed by atoms with Crippen LogP contribution in [-0.2, 0) is 35.8 Å². The highest BCUT2D eigenvalue weighted by Gasteiger charge is 2.03. The number of hydrogen-bond donors (Lipinski definition) is 0. The summed E-state index contributed by atoms with van der Waals surface area (Å²) in [5.41, 5.74) is 2.51. The zero-order chi connectivity index (χ0) is 28.4. The van der Waals surface area contributed by atoms with Crippen LogP contribution in [-0.4, -0.2) is 13.2 Å². The highest BCUT2D eigenvalue weighted by molar-refractivity contribution is 5.06. The predicted molar refractivity (Wildman–Crippen MR) is 167 cm³/mol. The van der Waals surface area contributed by atoms with Gasteiger partial charge in [-0.05, 0) is 36.8 Å². The Bertz CT molecular complexity index is 737. The lowest BCUT2D eigenvalue weighted by Gasteiger charge is -2.06. The van der Waals surface area contributed by atoms with Gasteiger partial charge in [-0.2, -0.15) is 0 Å². The first-order valence-corrected chi connectivity index (χ1v) is 16.9. The van der Waals surface area contributed by atoms with E-state index in [-0.39, 0.29) is 0 Å². The van der Waals surface area contributed by atoms with Crippen LogP contribution >= 0.6 is 0 Å². The van der Waals surface area contributed by atoms with Crippen LogP contribution in [0.4, 0.5) is 0 Å². The minimum atomic E-state index is 0.697. The molecule has 2 aromatic rings. The van der Waals surface area contributed by atoms with Crippen LogP contribution in [0.2, 0.25) is 0 Å². The second-order valence-corrected chi connectivity index (χ2v) is 11.7. The second-order valence-electron chi connectivity index (χ2n) is 11.7. The van der Waals surface area contributed by atoms with Crippen LogP contribution in [0.25, 0.3) is 0 Å². The number of unbranched alkanes of at least 4 members (excludes halogenated alkanes) is 15. The van der Waals surface area contributed by atoms with Crippen LogP contribution in [0.1, 0.15) is 141 Å². The molecule has 0 aliphatic rings. The van der Waals surface area contributed by atoms with E-state index in [2.05, 4.69) is 72.0 Å². The molecule has 0 amide bonds. The van der Waals surface area contributed by atoms with Crippen molar-refractivity contribution >= 4 is 0 Å². The summed E-state index contributed by atoms with van der Waals surface area (Å²) in [5.74, 6) is 0. The normalized spacial score (nSPS) is 11.3. The highest BCUT2D eigenvalue weighted by Crippen LogP contribution is 2.10. The van der Waals surface area contributed by atoms with Gasteiger partial charge in [-0.1, -0.05) is 90.9 Å². The molecule has 40 heavy (non-hydrogen) atoms. The molecule has 0 unspecified atom stereocenters. The van der Waals surface area contributed by atoms with E-state index in [9.17, 15) is 0 Å². The van der Waals surface area contributed by atoms with Crippen LogP contribution < -0.4 is 9.13 Å². The summed E-state index contributed by atoms with van der Waals surface area (Å²) in [6.45, 7) is 9.79. The van der Waals surface area contributed by atoms with E-state index in [0.29, 0.717) is 13.2 Å². The Labute approximate surface area is 247 Å². The SMILES string of the molecule is CCCCCCCCCC[n+]1ccc(COCCCCOCc2cc[n+](CCCCCCCCCC)cc2)cc1. The summed E-state index contributed by atoms with van der Waals surface area (Å²) in [4.78, 5) is 0. The topological polar surface area (TPSA) is 26.2 Å². The molecule has 2 aromatic heterocycles. The Morgan fingerprint density at radius 2 is 0.750 bits per heavy atom. The van der Waals surface area contributed by atoms with Gasteiger partial charge in [0.25, 0.3) is 0 Å². The maximum Gasteiger partial charge on any atom is 0.169 e. The van der Waals surface area contributed by atoms with E-state index in [0.717, 1.165) is 39.1 Å². The van der Waals surface area contributed by atoms with Crippen molar-refractivity contribution in [2.24, 2.45) is 0 Å². The van der Waals surface area contributed by atoms with Crippen LogP contribution in [0, 0.1) is 0 Å². The van der Waals surface area contributed by atoms with Gasteiger partial charge < -0.3 is 9.47 Å². The molecule has 0 aromatic carbocycles. The zero-order valence-corrected chi connectivity index (χ0v) is 26.3. The number of hydrogen-bond acceptors (Lipinski definition) is 2. The molecule has 4 heteroatoms. The van der Waals surface area contributed by atoms with Gasteiger partial charge in [0.05, 0.1) is 13.2 Å². The van der Waals surface area contributed by atoms with Gasteiger partial charge in [0, 0.05) is 50.3 Å². The summed E-state index contributed by atoms with van der Waals surface area (Å²) < 4.78 is 16.4. The van der Waals surface area contributed by atoms with Crippen LogP contribution in [0.3, 0.4) is 0 Å². The first kappa shape index (κ1) is 34.4. The number of ether oxygens (including phenoxy) is 2. The van der Waals surface area contributed by atoms with Gasteiger partial charge >= 0.3 is 0 Å². The van der Waals surface area contributed by atoms with E-state index in [1.54, 1.807) is 0 Å². The van der Waals surface area contributed by atoms with Gasteiger partial charge in [0.15, 0.2) is 24.8 Å². The standard InChI is InChI=1S/C36H62N2O2/c1-3-5-7-9-11-13-15-17-25-37-27-21-35(22-28-37)33-39-31-19-20-32-40-34-36-23-29-38(30-24-36)26-18-16-14-12-10-8-6-4-2/h21-24,27-30H,3-20,25-26,31-34H2,1-2H3/q+2. The minimum Gasteiger partial charge on any atom is -0.377 e. The molecule has 0 N–H and O–H groups in total. The van der Waals surface area contributed by atoms with Gasteiger partial charge in [-0.15, -0.1) is 0 Å². The number of pyridine rings is 2. The van der Waals surface area contributed by atoms with E-state index in [1.807, 2.05) is 0 Å². The van der Waals surface area contributed by atoms with Crippen LogP contribution in [0.15, 0.2) is 49.1 Å². The van der Waals surface area contributed by atoms with E-state index < -0.39 is 0 Å². The quantitative estimate of drug-likeness (QED) is 0.0813. The van der Waals surface area contributed by atoms with Crippen LogP contribution in [0.5, 0.6) is 0 Å². The Balaban J connectivity index is 1.40. The smallest absolute Gasteiger partial charge is 0.169 e. The molecule has 0 atom stereocenters. The van der Waals surface area contributed by atoms with Crippen molar-refractivity contribution < 1.29 is 18.6 Å². The first-order chi connectivity index (χ1) is 19.8. The van der Waals surface area contributed by atoms with Crippen molar-refractivity contribution in [3.05, 3.63) is 60.2 Å². The number of aryl methyl sites for hydroxylation is 2. The van der Waals surface area contributed by atoms with Crippen molar-refractivity contribution in [3.8, 4) is 0 Å². The Morgan fingerprint density at radius 1 is 0.425 bits per heavy atom. The molecule has 0 spiro atoms. The number of rotatable bonds is 27. The summed E-state index contributed by atoms with van der Waals surface area (Å²) >= 11 is 0. The molecule has 226 valence electrons. The maximum absolute atomic E-state index is 5.89. The predicted octanol–water partition coefficient (Wildman–Crippen LogP) is 9.06. The zero-order valence-electron chi connectivity index (χ0n) is 26.3. The minimum absolute atomic E-state index is 0.697. The third-order valence-electron chi connectivity index (χ3n) is 7.82. The van der Waals surface area contributed by atoms with E-state index in [4.69, 9.17) is 9.47 Å².